The summed E-state index contributed by atoms with van der Waals surface area (Å²) in [5.41, 5.74) is 3.19. The van der Waals surface area contributed by atoms with Gasteiger partial charge in [0.05, 0.1) is 19.7 Å². The number of rotatable bonds is 5. The number of ether oxygens (including phenoxy) is 2. The highest BCUT2D eigenvalue weighted by atomic mass is 35.5. The summed E-state index contributed by atoms with van der Waals surface area (Å²) in [6.07, 6.45) is 8.32. The maximum Gasteiger partial charge on any atom is 0.228 e. The number of amides is 1. The molecule has 6 heteroatoms. The lowest BCUT2D eigenvalue weighted by atomic mass is 9.52. The third kappa shape index (κ3) is 4.04. The van der Waals surface area contributed by atoms with Crippen molar-refractivity contribution in [3.8, 4) is 11.5 Å². The molecule has 2 aromatic carbocycles. The van der Waals surface area contributed by atoms with Gasteiger partial charge in [0.1, 0.15) is 0 Å². The van der Waals surface area contributed by atoms with Crippen LogP contribution in [0.15, 0.2) is 48.7 Å². The minimum absolute atomic E-state index is 0.0904. The van der Waals surface area contributed by atoms with Gasteiger partial charge in [0, 0.05) is 34.3 Å². The van der Waals surface area contributed by atoms with Gasteiger partial charge < -0.3 is 14.8 Å². The third-order valence-electron chi connectivity index (χ3n) is 7.80. The predicted molar refractivity (Wildman–Crippen MR) is 131 cm³/mol. The number of hydrogen-bond donors (Lipinski definition) is 1. The average molecular weight is 465 g/mol. The Bertz CT molecular complexity index is 1170. The second kappa shape index (κ2) is 8.86. The summed E-state index contributed by atoms with van der Waals surface area (Å²) in [5, 5.41) is 4.90. The fraction of sp³-hybridized carbons (Fsp3) is 0.407. The van der Waals surface area contributed by atoms with Gasteiger partial charge in [-0.3, -0.25) is 9.78 Å². The molecule has 1 spiro atoms. The third-order valence-corrected chi connectivity index (χ3v) is 8.05. The Kier molecular flexibility index (Phi) is 5.92. The number of halogens is 1. The van der Waals surface area contributed by atoms with E-state index in [0.717, 1.165) is 60.9 Å². The zero-order valence-corrected chi connectivity index (χ0v) is 19.8. The summed E-state index contributed by atoms with van der Waals surface area (Å²) in [5.74, 6) is 2.12. The number of carbonyl (C=O) groups is 1. The normalized spacial score (nSPS) is 24.3. The zero-order chi connectivity index (χ0) is 23.0. The average Bonchev–Trinajstić information content (AvgIpc) is 2.83. The van der Waals surface area contributed by atoms with Gasteiger partial charge in [0.2, 0.25) is 5.91 Å². The molecule has 5 nitrogen and oxygen atoms in total. The van der Waals surface area contributed by atoms with Crippen molar-refractivity contribution in [2.45, 2.75) is 44.4 Å². The molecular weight excluding hydrogens is 436 g/mol. The number of hydrogen-bond acceptors (Lipinski definition) is 4. The fourth-order valence-electron chi connectivity index (χ4n) is 5.82. The molecule has 0 bridgehead atoms. The van der Waals surface area contributed by atoms with Gasteiger partial charge in [0.25, 0.3) is 0 Å². The Morgan fingerprint density at radius 3 is 2.30 bits per heavy atom. The van der Waals surface area contributed by atoms with E-state index in [1.165, 1.54) is 5.56 Å². The lowest BCUT2D eigenvalue weighted by Crippen LogP contribution is -2.48. The highest BCUT2D eigenvalue weighted by molar-refractivity contribution is 6.30. The number of pyridine rings is 1. The van der Waals surface area contributed by atoms with Crippen molar-refractivity contribution >= 4 is 34.1 Å². The van der Waals surface area contributed by atoms with E-state index in [9.17, 15) is 4.79 Å². The van der Waals surface area contributed by atoms with Crippen LogP contribution in [0.5, 0.6) is 11.5 Å². The van der Waals surface area contributed by atoms with E-state index in [1.54, 1.807) is 14.2 Å². The van der Waals surface area contributed by atoms with Crippen LogP contribution >= 0.6 is 11.6 Å². The molecule has 1 heterocycles. The molecule has 2 fully saturated rings. The molecular formula is C27H29ClN2O3. The summed E-state index contributed by atoms with van der Waals surface area (Å²) in [7, 11) is 3.31. The quantitative estimate of drug-likeness (QED) is 0.462. The van der Waals surface area contributed by atoms with Crippen molar-refractivity contribution < 1.29 is 14.3 Å². The van der Waals surface area contributed by atoms with Crippen LogP contribution in [0.3, 0.4) is 0 Å². The summed E-state index contributed by atoms with van der Waals surface area (Å²) in [6, 6.07) is 13.5. The maximum absolute atomic E-state index is 13.0. The van der Waals surface area contributed by atoms with Gasteiger partial charge in [-0.15, -0.1) is 0 Å². The van der Waals surface area contributed by atoms with Crippen LogP contribution in [0.1, 0.15) is 50.0 Å². The molecule has 2 aliphatic rings. The molecule has 33 heavy (non-hydrogen) atoms. The second-order valence-corrected chi connectivity index (χ2v) is 9.79. The van der Waals surface area contributed by atoms with E-state index >= 15 is 0 Å². The summed E-state index contributed by atoms with van der Waals surface area (Å²) >= 11 is 5.97. The standard InChI is InChI=1S/C27H29ClN2O3/c1-32-24-15-21-20(10-14-29-23(21)16-25(24)33-2)17-7-11-27(12-8-17)13-9-22(27)26(31)30-19-5-3-18(28)4-6-19/h3-6,10,14-17,22H,7-9,11-13H2,1-2H3,(H,30,31)/t17-,22-,27+/m1/s1. The van der Waals surface area contributed by atoms with Crippen molar-refractivity contribution in [1.29, 1.82) is 0 Å². The Morgan fingerprint density at radius 1 is 1.00 bits per heavy atom. The molecule has 5 rings (SSSR count). The van der Waals surface area contributed by atoms with Crippen LogP contribution in [0.2, 0.25) is 5.02 Å². The van der Waals surface area contributed by atoms with Crippen LogP contribution in [0, 0.1) is 11.3 Å². The molecule has 0 unspecified atom stereocenters. The first kappa shape index (κ1) is 22.0. The van der Waals surface area contributed by atoms with E-state index in [1.807, 2.05) is 42.6 Å². The number of nitrogens with zero attached hydrogens (tertiary/aromatic N) is 1. The first-order valence-corrected chi connectivity index (χ1v) is 12.0. The van der Waals surface area contributed by atoms with Crippen LogP contribution in [0.4, 0.5) is 5.69 Å². The molecule has 0 radical (unpaired) electrons. The predicted octanol–water partition coefficient (Wildman–Crippen LogP) is 6.60. The van der Waals surface area contributed by atoms with E-state index in [-0.39, 0.29) is 17.2 Å². The fourth-order valence-corrected chi connectivity index (χ4v) is 5.95. The zero-order valence-electron chi connectivity index (χ0n) is 19.1. The Morgan fingerprint density at radius 2 is 1.67 bits per heavy atom. The molecule has 2 aliphatic carbocycles. The first-order chi connectivity index (χ1) is 16.0. The molecule has 2 saturated carbocycles. The number of nitrogens with one attached hydrogen (secondary N) is 1. The molecule has 0 saturated heterocycles. The smallest absolute Gasteiger partial charge is 0.228 e. The minimum Gasteiger partial charge on any atom is -0.493 e. The molecule has 1 atom stereocenters. The Labute approximate surface area is 199 Å². The first-order valence-electron chi connectivity index (χ1n) is 11.6. The van der Waals surface area contributed by atoms with Crippen molar-refractivity contribution in [1.82, 2.24) is 4.98 Å². The van der Waals surface area contributed by atoms with Gasteiger partial charge in [-0.05, 0) is 91.8 Å². The molecule has 172 valence electrons. The highest BCUT2D eigenvalue weighted by Crippen LogP contribution is 2.58. The number of methoxy groups -OCH3 is 2. The lowest BCUT2D eigenvalue weighted by molar-refractivity contribution is -0.133. The second-order valence-electron chi connectivity index (χ2n) is 9.35. The van der Waals surface area contributed by atoms with Crippen molar-refractivity contribution in [2.24, 2.45) is 11.3 Å². The molecule has 1 aromatic heterocycles. The number of benzene rings is 2. The van der Waals surface area contributed by atoms with Gasteiger partial charge in [0.15, 0.2) is 11.5 Å². The Balaban J connectivity index is 1.31. The Hall–Kier alpha value is -2.79. The van der Waals surface area contributed by atoms with E-state index in [0.29, 0.717) is 16.7 Å². The van der Waals surface area contributed by atoms with Gasteiger partial charge in [-0.25, -0.2) is 0 Å². The van der Waals surface area contributed by atoms with Crippen LogP contribution in [-0.2, 0) is 4.79 Å². The SMILES string of the molecule is COc1cc2nccc([C@H]3CC[C@]4(CC[C@@H]4C(=O)Nc4ccc(Cl)cc4)CC3)c2cc1OC. The van der Waals surface area contributed by atoms with Crippen LogP contribution in [-0.4, -0.2) is 25.1 Å². The number of fused-ring (bicyclic) bond motifs is 1. The molecule has 0 aliphatic heterocycles. The van der Waals surface area contributed by atoms with Crippen molar-refractivity contribution in [3.63, 3.8) is 0 Å². The number of aromatic nitrogens is 1. The summed E-state index contributed by atoms with van der Waals surface area (Å²) < 4.78 is 11.0. The molecule has 1 N–H and O–H groups in total. The molecule has 1 amide bonds. The van der Waals surface area contributed by atoms with Crippen LogP contribution in [0.25, 0.3) is 10.9 Å². The number of anilines is 1. The van der Waals surface area contributed by atoms with Crippen LogP contribution < -0.4 is 14.8 Å². The van der Waals surface area contributed by atoms with Crippen molar-refractivity contribution in [3.05, 3.63) is 59.2 Å². The molecule has 3 aromatic rings. The van der Waals surface area contributed by atoms with Gasteiger partial charge in [-0.1, -0.05) is 11.6 Å². The largest absolute Gasteiger partial charge is 0.493 e. The van der Waals surface area contributed by atoms with Crippen molar-refractivity contribution in [2.75, 3.05) is 19.5 Å². The lowest BCUT2D eigenvalue weighted by Gasteiger charge is -2.52. The summed E-state index contributed by atoms with van der Waals surface area (Å²) in [4.78, 5) is 17.6. The highest BCUT2D eigenvalue weighted by Gasteiger charge is 2.51. The number of carbonyl (C=O) groups excluding carboxylic acids is 1. The van der Waals surface area contributed by atoms with E-state index < -0.39 is 0 Å². The minimum atomic E-state index is 0.0904. The monoisotopic (exact) mass is 464 g/mol. The van der Waals surface area contributed by atoms with Gasteiger partial charge in [-0.2, -0.15) is 0 Å². The summed E-state index contributed by atoms with van der Waals surface area (Å²) in [6.45, 7) is 0. The maximum atomic E-state index is 13.0. The van der Waals surface area contributed by atoms with E-state index in [4.69, 9.17) is 21.1 Å². The topological polar surface area (TPSA) is 60.5 Å². The van der Waals surface area contributed by atoms with Gasteiger partial charge >= 0.3 is 0 Å². The van der Waals surface area contributed by atoms with E-state index in [2.05, 4.69) is 16.4 Å².